The Morgan fingerprint density at radius 3 is 2.71 bits per heavy atom. The predicted molar refractivity (Wildman–Crippen MR) is 50.2 cm³/mol. The molecule has 0 aliphatic heterocycles. The summed E-state index contributed by atoms with van der Waals surface area (Å²) < 4.78 is 30.9. The van der Waals surface area contributed by atoms with E-state index in [4.69, 9.17) is 4.74 Å². The molecular formula is C9H7BrF2O2. The third-order valence-electron chi connectivity index (χ3n) is 1.39. The predicted octanol–water partition coefficient (Wildman–Crippen LogP) is 2.70. The number of carbonyl (C=O) groups is 1. The Morgan fingerprint density at radius 1 is 1.50 bits per heavy atom. The lowest BCUT2D eigenvalue weighted by atomic mass is 10.3. The molecule has 0 bridgehead atoms. The lowest BCUT2D eigenvalue weighted by Crippen LogP contribution is -2.08. The summed E-state index contributed by atoms with van der Waals surface area (Å²) in [6.45, 7) is 1.03. The molecule has 1 aromatic carbocycles. The maximum absolute atomic E-state index is 13.0. The first kappa shape index (κ1) is 11.1. The van der Waals surface area contributed by atoms with E-state index >= 15 is 0 Å². The molecule has 0 spiro atoms. The summed E-state index contributed by atoms with van der Waals surface area (Å²) in [5.74, 6) is -2.63. The van der Waals surface area contributed by atoms with Crippen LogP contribution in [0.5, 0.6) is 5.75 Å². The third-order valence-corrected chi connectivity index (χ3v) is 1.85. The minimum Gasteiger partial charge on any atom is -0.483 e. The molecule has 0 heterocycles. The summed E-state index contributed by atoms with van der Waals surface area (Å²) in [6.07, 6.45) is 0. The van der Waals surface area contributed by atoms with Gasteiger partial charge in [-0.2, -0.15) is 4.39 Å². The van der Waals surface area contributed by atoms with Gasteiger partial charge < -0.3 is 4.74 Å². The topological polar surface area (TPSA) is 26.3 Å². The van der Waals surface area contributed by atoms with Gasteiger partial charge in [-0.3, -0.25) is 4.79 Å². The Kier molecular flexibility index (Phi) is 3.57. The number of ether oxygens (including phenoxy) is 1. The van der Waals surface area contributed by atoms with Crippen LogP contribution < -0.4 is 4.74 Å². The molecule has 2 nitrogen and oxygen atoms in total. The van der Waals surface area contributed by atoms with Crippen LogP contribution >= 0.6 is 15.9 Å². The van der Waals surface area contributed by atoms with Crippen molar-refractivity contribution in [3.8, 4) is 5.75 Å². The van der Waals surface area contributed by atoms with Gasteiger partial charge in [-0.25, -0.2) is 4.39 Å². The highest BCUT2D eigenvalue weighted by molar-refractivity contribution is 9.10. The average Bonchev–Trinajstić information content (AvgIpc) is 2.08. The Balaban J connectivity index is 2.90. The van der Waals surface area contributed by atoms with Crippen molar-refractivity contribution in [1.29, 1.82) is 0 Å². The van der Waals surface area contributed by atoms with Crippen molar-refractivity contribution in [2.45, 2.75) is 6.92 Å². The van der Waals surface area contributed by atoms with Crippen molar-refractivity contribution in [3.05, 3.63) is 28.2 Å². The highest BCUT2D eigenvalue weighted by atomic mass is 79.9. The van der Waals surface area contributed by atoms with Crippen LogP contribution in [0.3, 0.4) is 0 Å². The van der Waals surface area contributed by atoms with E-state index in [0.29, 0.717) is 4.47 Å². The zero-order valence-electron chi connectivity index (χ0n) is 7.31. The molecule has 0 radical (unpaired) electrons. The number of halogens is 3. The second-order valence-electron chi connectivity index (χ2n) is 2.69. The summed E-state index contributed by atoms with van der Waals surface area (Å²) >= 11 is 2.98. The highest BCUT2D eigenvalue weighted by Crippen LogP contribution is 2.25. The number of carbonyl (C=O) groups excluding carboxylic acids is 1. The van der Waals surface area contributed by atoms with Crippen LogP contribution in [-0.2, 0) is 4.79 Å². The fraction of sp³-hybridized carbons (Fsp3) is 0.222. The van der Waals surface area contributed by atoms with Crippen LogP contribution in [-0.4, -0.2) is 12.4 Å². The van der Waals surface area contributed by atoms with E-state index in [2.05, 4.69) is 15.9 Å². The minimum atomic E-state index is -1.09. The molecule has 0 aliphatic carbocycles. The average molecular weight is 265 g/mol. The molecule has 0 aliphatic rings. The summed E-state index contributed by atoms with van der Waals surface area (Å²) in [5.41, 5.74) is 0. The highest BCUT2D eigenvalue weighted by Gasteiger charge is 2.11. The van der Waals surface area contributed by atoms with Crippen molar-refractivity contribution in [2.75, 3.05) is 6.61 Å². The van der Waals surface area contributed by atoms with Gasteiger partial charge in [-0.15, -0.1) is 0 Å². The Morgan fingerprint density at radius 2 is 2.14 bits per heavy atom. The first-order chi connectivity index (χ1) is 6.50. The van der Waals surface area contributed by atoms with E-state index in [1.54, 1.807) is 0 Å². The third kappa shape index (κ3) is 2.77. The summed E-state index contributed by atoms with van der Waals surface area (Å²) in [6, 6.07) is 2.25. The van der Waals surface area contributed by atoms with Crippen LogP contribution in [0, 0.1) is 11.6 Å². The maximum Gasteiger partial charge on any atom is 0.200 e. The molecule has 0 atom stereocenters. The molecule has 0 fully saturated rings. The first-order valence-electron chi connectivity index (χ1n) is 3.77. The van der Waals surface area contributed by atoms with Crippen molar-refractivity contribution in [1.82, 2.24) is 0 Å². The molecular weight excluding hydrogens is 258 g/mol. The maximum atomic E-state index is 13.0. The van der Waals surface area contributed by atoms with E-state index in [1.807, 2.05) is 0 Å². The van der Waals surface area contributed by atoms with Gasteiger partial charge in [-0.1, -0.05) is 15.9 Å². The lowest BCUT2D eigenvalue weighted by molar-refractivity contribution is -0.118. The van der Waals surface area contributed by atoms with Gasteiger partial charge in [0.05, 0.1) is 0 Å². The number of rotatable bonds is 3. The molecule has 1 rings (SSSR count). The lowest BCUT2D eigenvalue weighted by Gasteiger charge is -2.06. The van der Waals surface area contributed by atoms with Gasteiger partial charge in [0.1, 0.15) is 6.61 Å². The van der Waals surface area contributed by atoms with Gasteiger partial charge in [0.15, 0.2) is 17.3 Å². The number of ketones is 1. The summed E-state index contributed by atoms with van der Waals surface area (Å²) in [4.78, 5) is 10.5. The molecule has 1 aromatic rings. The molecule has 0 unspecified atom stereocenters. The van der Waals surface area contributed by atoms with Crippen molar-refractivity contribution >= 4 is 21.7 Å². The SMILES string of the molecule is CC(=O)COc1cc(Br)cc(F)c1F. The molecule has 5 heteroatoms. The van der Waals surface area contributed by atoms with Gasteiger partial charge >= 0.3 is 0 Å². The normalized spacial score (nSPS) is 10.0. The number of benzene rings is 1. The van der Waals surface area contributed by atoms with Gasteiger partial charge in [0.25, 0.3) is 0 Å². The summed E-state index contributed by atoms with van der Waals surface area (Å²) in [7, 11) is 0. The van der Waals surface area contributed by atoms with Crippen molar-refractivity contribution in [3.63, 3.8) is 0 Å². The van der Waals surface area contributed by atoms with Crippen LogP contribution in [0.15, 0.2) is 16.6 Å². The van der Waals surface area contributed by atoms with E-state index < -0.39 is 11.6 Å². The van der Waals surface area contributed by atoms with E-state index in [9.17, 15) is 13.6 Å². The molecule has 0 saturated carbocycles. The molecule has 0 N–H and O–H groups in total. The van der Waals surface area contributed by atoms with Gasteiger partial charge in [-0.05, 0) is 19.1 Å². The fourth-order valence-electron chi connectivity index (χ4n) is 0.817. The van der Waals surface area contributed by atoms with Crippen LogP contribution in [0.1, 0.15) is 6.92 Å². The second kappa shape index (κ2) is 4.50. The quantitative estimate of drug-likeness (QED) is 0.785. The van der Waals surface area contributed by atoms with E-state index in [-0.39, 0.29) is 18.1 Å². The van der Waals surface area contributed by atoms with Gasteiger partial charge in [0.2, 0.25) is 5.82 Å². The molecule has 0 aromatic heterocycles. The smallest absolute Gasteiger partial charge is 0.200 e. The largest absolute Gasteiger partial charge is 0.483 e. The Labute approximate surface area is 88.0 Å². The number of hydrogen-bond acceptors (Lipinski definition) is 2. The van der Waals surface area contributed by atoms with Crippen LogP contribution in [0.2, 0.25) is 0 Å². The van der Waals surface area contributed by atoms with E-state index in [0.717, 1.165) is 6.07 Å². The fourth-order valence-corrected chi connectivity index (χ4v) is 1.23. The molecule has 0 saturated heterocycles. The Hall–Kier alpha value is -0.970. The Bertz CT molecular complexity index is 366. The molecule has 0 amide bonds. The molecule has 14 heavy (non-hydrogen) atoms. The van der Waals surface area contributed by atoms with Crippen molar-refractivity contribution < 1.29 is 18.3 Å². The van der Waals surface area contributed by atoms with Crippen LogP contribution in [0.25, 0.3) is 0 Å². The number of Topliss-reactive ketones (excluding diaryl/α,β-unsaturated/α-hetero) is 1. The van der Waals surface area contributed by atoms with Crippen molar-refractivity contribution in [2.24, 2.45) is 0 Å². The molecule has 76 valence electrons. The number of hydrogen-bond donors (Lipinski definition) is 0. The first-order valence-corrected chi connectivity index (χ1v) is 4.57. The van der Waals surface area contributed by atoms with Crippen LogP contribution in [0.4, 0.5) is 8.78 Å². The second-order valence-corrected chi connectivity index (χ2v) is 3.61. The minimum absolute atomic E-state index is 0.259. The zero-order chi connectivity index (χ0) is 10.7. The van der Waals surface area contributed by atoms with E-state index in [1.165, 1.54) is 13.0 Å². The summed E-state index contributed by atoms with van der Waals surface area (Å²) in [5, 5.41) is 0. The monoisotopic (exact) mass is 264 g/mol. The zero-order valence-corrected chi connectivity index (χ0v) is 8.90. The standard InChI is InChI=1S/C9H7BrF2O2/c1-5(13)4-14-8-3-6(10)2-7(11)9(8)12/h2-3H,4H2,1H3. The van der Waals surface area contributed by atoms with Gasteiger partial charge in [0, 0.05) is 4.47 Å².